The first-order valence-corrected chi connectivity index (χ1v) is 8.82. The molecule has 3 nitrogen and oxygen atoms in total. The van der Waals surface area contributed by atoms with E-state index in [0.29, 0.717) is 18.6 Å². The lowest BCUT2D eigenvalue weighted by Crippen LogP contribution is -2.29. The molecule has 2 aromatic rings. The maximum Gasteiger partial charge on any atom is 0.137 e. The predicted molar refractivity (Wildman–Crippen MR) is 94.0 cm³/mol. The first kappa shape index (κ1) is 16.8. The van der Waals surface area contributed by atoms with Crippen LogP contribution in [-0.2, 0) is 23.1 Å². The largest absolute Gasteiger partial charge is 0.472 e. The van der Waals surface area contributed by atoms with Crippen molar-refractivity contribution in [1.29, 1.82) is 0 Å². The van der Waals surface area contributed by atoms with E-state index in [2.05, 4.69) is 26.0 Å². The molecule has 0 radical (unpaired) electrons. The summed E-state index contributed by atoms with van der Waals surface area (Å²) in [5.41, 5.74) is 3.50. The molecule has 0 spiro atoms. The fourth-order valence-corrected chi connectivity index (χ4v) is 3.81. The van der Waals surface area contributed by atoms with E-state index in [1.54, 1.807) is 18.8 Å². The first-order valence-electron chi connectivity index (χ1n) is 8.82. The second kappa shape index (κ2) is 7.25. The highest BCUT2D eigenvalue weighted by Gasteiger charge is 2.36. The standard InChI is InChI=1S/C21H26O3/c1-16(5-3-6-17-8-11-23-15-17)13-19(22)14-21(2)10-4-7-18-9-12-24-20(18)21/h5,8-9,11-12,15H,3-4,6-7,10,13-14H2,1-2H3/t21-/m0/s1. The van der Waals surface area contributed by atoms with E-state index in [1.807, 2.05) is 6.07 Å². The molecule has 0 amide bonds. The molecule has 0 N–H and O–H groups in total. The lowest BCUT2D eigenvalue weighted by molar-refractivity contribution is -0.119. The molecule has 24 heavy (non-hydrogen) atoms. The maximum atomic E-state index is 12.6. The van der Waals surface area contributed by atoms with Gasteiger partial charge in [-0.15, -0.1) is 0 Å². The molecule has 128 valence electrons. The summed E-state index contributed by atoms with van der Waals surface area (Å²) in [6, 6.07) is 4.04. The summed E-state index contributed by atoms with van der Waals surface area (Å²) in [6.07, 6.45) is 13.7. The number of furan rings is 2. The first-order chi connectivity index (χ1) is 11.6. The van der Waals surface area contributed by atoms with Gasteiger partial charge in [0.25, 0.3) is 0 Å². The monoisotopic (exact) mass is 326 g/mol. The molecular weight excluding hydrogens is 300 g/mol. The highest BCUT2D eigenvalue weighted by molar-refractivity contribution is 5.82. The summed E-state index contributed by atoms with van der Waals surface area (Å²) >= 11 is 0. The molecule has 1 aliphatic rings. The molecule has 0 fully saturated rings. The molecule has 1 atom stereocenters. The van der Waals surface area contributed by atoms with Gasteiger partial charge in [-0.05, 0) is 62.3 Å². The molecule has 0 unspecified atom stereocenters. The van der Waals surface area contributed by atoms with Crippen molar-refractivity contribution in [3.05, 3.63) is 59.5 Å². The van der Waals surface area contributed by atoms with Crippen LogP contribution in [0.1, 0.15) is 62.8 Å². The zero-order valence-electron chi connectivity index (χ0n) is 14.6. The number of allylic oxidation sites excluding steroid dienone is 2. The number of rotatable bonds is 7. The van der Waals surface area contributed by atoms with Crippen molar-refractivity contribution < 1.29 is 13.6 Å². The van der Waals surface area contributed by atoms with Gasteiger partial charge in [0.2, 0.25) is 0 Å². The average molecular weight is 326 g/mol. The van der Waals surface area contributed by atoms with Crippen molar-refractivity contribution in [2.45, 2.75) is 64.2 Å². The molecule has 3 rings (SSSR count). The molecule has 2 heterocycles. The van der Waals surface area contributed by atoms with Crippen LogP contribution < -0.4 is 0 Å². The van der Waals surface area contributed by atoms with Crippen molar-refractivity contribution in [1.82, 2.24) is 0 Å². The Bertz CT molecular complexity index is 705. The minimum atomic E-state index is -0.134. The van der Waals surface area contributed by atoms with Crippen LogP contribution >= 0.6 is 0 Å². The zero-order chi connectivity index (χ0) is 17.0. The number of ketones is 1. The fraction of sp³-hybridized carbons (Fsp3) is 0.476. The van der Waals surface area contributed by atoms with E-state index in [9.17, 15) is 4.79 Å². The van der Waals surface area contributed by atoms with Crippen LogP contribution in [0.2, 0.25) is 0 Å². The Hall–Kier alpha value is -2.03. The molecular formula is C21H26O3. The Morgan fingerprint density at radius 1 is 1.33 bits per heavy atom. The number of carbonyl (C=O) groups excluding carboxylic acids is 1. The van der Waals surface area contributed by atoms with Crippen molar-refractivity contribution in [3.63, 3.8) is 0 Å². The molecule has 0 bridgehead atoms. The molecule has 1 aliphatic carbocycles. The van der Waals surface area contributed by atoms with Crippen molar-refractivity contribution >= 4 is 5.78 Å². The van der Waals surface area contributed by atoms with Gasteiger partial charge in [0.05, 0.1) is 18.8 Å². The molecule has 3 heteroatoms. The van der Waals surface area contributed by atoms with Crippen molar-refractivity contribution in [3.8, 4) is 0 Å². The number of hydrogen-bond acceptors (Lipinski definition) is 3. The third-order valence-electron chi connectivity index (χ3n) is 5.04. The molecule has 0 saturated carbocycles. The van der Waals surface area contributed by atoms with Crippen LogP contribution in [0.25, 0.3) is 0 Å². The Morgan fingerprint density at radius 2 is 2.21 bits per heavy atom. The van der Waals surface area contributed by atoms with E-state index < -0.39 is 0 Å². The third kappa shape index (κ3) is 3.89. The summed E-state index contributed by atoms with van der Waals surface area (Å²) in [4.78, 5) is 12.6. The Morgan fingerprint density at radius 3 is 3.00 bits per heavy atom. The Labute approximate surface area is 143 Å². The van der Waals surface area contributed by atoms with Gasteiger partial charge in [-0.3, -0.25) is 4.79 Å². The SMILES string of the molecule is CC(=CCCc1ccoc1)CC(=O)C[C@]1(C)CCCc2ccoc21. The van der Waals surface area contributed by atoms with Gasteiger partial charge in [0, 0.05) is 18.3 Å². The number of Topliss-reactive ketones (excluding diaryl/α,β-unsaturated/α-hetero) is 1. The summed E-state index contributed by atoms with van der Waals surface area (Å²) in [6.45, 7) is 4.22. The van der Waals surface area contributed by atoms with Gasteiger partial charge in [0.15, 0.2) is 0 Å². The summed E-state index contributed by atoms with van der Waals surface area (Å²) in [5.74, 6) is 1.34. The van der Waals surface area contributed by atoms with Crippen LogP contribution in [0.3, 0.4) is 0 Å². The van der Waals surface area contributed by atoms with Crippen LogP contribution in [-0.4, -0.2) is 5.78 Å². The van der Waals surface area contributed by atoms with Gasteiger partial charge >= 0.3 is 0 Å². The van der Waals surface area contributed by atoms with Gasteiger partial charge in [-0.1, -0.05) is 18.6 Å². The van der Waals surface area contributed by atoms with Crippen LogP contribution in [0.5, 0.6) is 0 Å². The molecule has 0 aromatic carbocycles. The normalized spacial score (nSPS) is 20.8. The van der Waals surface area contributed by atoms with Gasteiger partial charge in [-0.25, -0.2) is 0 Å². The topological polar surface area (TPSA) is 43.4 Å². The van der Waals surface area contributed by atoms with Gasteiger partial charge in [0.1, 0.15) is 11.5 Å². The minimum Gasteiger partial charge on any atom is -0.472 e. The Kier molecular flexibility index (Phi) is 5.08. The highest BCUT2D eigenvalue weighted by Crippen LogP contribution is 2.40. The third-order valence-corrected chi connectivity index (χ3v) is 5.04. The fourth-order valence-electron chi connectivity index (χ4n) is 3.81. The lowest BCUT2D eigenvalue weighted by atomic mass is 9.72. The van der Waals surface area contributed by atoms with Crippen LogP contribution in [0.4, 0.5) is 0 Å². The van der Waals surface area contributed by atoms with Crippen molar-refractivity contribution in [2.24, 2.45) is 0 Å². The van der Waals surface area contributed by atoms with Gasteiger partial charge in [-0.2, -0.15) is 0 Å². The number of carbonyl (C=O) groups is 1. The van der Waals surface area contributed by atoms with Gasteiger partial charge < -0.3 is 8.83 Å². The smallest absolute Gasteiger partial charge is 0.137 e. The molecule has 0 aliphatic heterocycles. The predicted octanol–water partition coefficient (Wildman–Crippen LogP) is 5.40. The van der Waals surface area contributed by atoms with E-state index in [0.717, 1.165) is 43.4 Å². The summed E-state index contributed by atoms with van der Waals surface area (Å²) < 4.78 is 10.8. The molecule has 0 saturated heterocycles. The maximum absolute atomic E-state index is 12.6. The highest BCUT2D eigenvalue weighted by atomic mass is 16.3. The number of fused-ring (bicyclic) bond motifs is 1. The second-order valence-electron chi connectivity index (χ2n) is 7.30. The number of aryl methyl sites for hydroxylation is 2. The van der Waals surface area contributed by atoms with Crippen molar-refractivity contribution in [2.75, 3.05) is 0 Å². The Balaban J connectivity index is 1.54. The van der Waals surface area contributed by atoms with E-state index in [1.165, 1.54) is 11.1 Å². The number of hydrogen-bond donors (Lipinski definition) is 0. The minimum absolute atomic E-state index is 0.134. The summed E-state index contributed by atoms with van der Waals surface area (Å²) in [5, 5.41) is 0. The van der Waals surface area contributed by atoms with E-state index in [4.69, 9.17) is 8.83 Å². The molecule has 2 aromatic heterocycles. The quantitative estimate of drug-likeness (QED) is 0.640. The second-order valence-corrected chi connectivity index (χ2v) is 7.30. The van der Waals surface area contributed by atoms with Crippen LogP contribution in [0, 0.1) is 0 Å². The van der Waals surface area contributed by atoms with E-state index >= 15 is 0 Å². The van der Waals surface area contributed by atoms with Crippen LogP contribution in [0.15, 0.2) is 51.4 Å². The lowest BCUT2D eigenvalue weighted by Gasteiger charge is -2.31. The summed E-state index contributed by atoms with van der Waals surface area (Å²) in [7, 11) is 0. The average Bonchev–Trinajstić information content (AvgIpc) is 3.18. The van der Waals surface area contributed by atoms with E-state index in [-0.39, 0.29) is 5.41 Å². The zero-order valence-corrected chi connectivity index (χ0v) is 14.6.